The van der Waals surface area contributed by atoms with Crippen molar-refractivity contribution in [1.82, 2.24) is 10.1 Å². The fourth-order valence-corrected chi connectivity index (χ4v) is 1.45. The number of hydrogen-bond donors (Lipinski definition) is 0. The molecule has 0 atom stereocenters. The first-order valence-electron chi connectivity index (χ1n) is 3.51. The van der Waals surface area contributed by atoms with E-state index in [0.717, 1.165) is 5.56 Å². The van der Waals surface area contributed by atoms with E-state index in [9.17, 15) is 0 Å². The Morgan fingerprint density at radius 1 is 1.38 bits per heavy atom. The molecule has 1 heterocycles. The Morgan fingerprint density at radius 3 is 2.85 bits per heavy atom. The predicted octanol–water partition coefficient (Wildman–Crippen LogP) is 2.99. The summed E-state index contributed by atoms with van der Waals surface area (Å²) in [6, 6.07) is 7.29. The number of rotatable bonds is 1. The highest BCUT2D eigenvalue weighted by Crippen LogP contribution is 2.20. The third-order valence-electron chi connectivity index (χ3n) is 1.47. The number of halogens is 2. The lowest BCUT2D eigenvalue weighted by atomic mass is 10.2. The lowest BCUT2D eigenvalue weighted by molar-refractivity contribution is 0.426. The molecule has 3 nitrogen and oxygen atoms in total. The molecule has 0 radical (unpaired) electrons. The molecule has 0 saturated heterocycles. The smallest absolute Gasteiger partial charge is 0.258 e. The van der Waals surface area contributed by atoms with Gasteiger partial charge in [-0.3, -0.25) is 0 Å². The van der Waals surface area contributed by atoms with Gasteiger partial charge in [0.1, 0.15) is 0 Å². The first kappa shape index (κ1) is 8.96. The largest absolute Gasteiger partial charge is 0.333 e. The van der Waals surface area contributed by atoms with E-state index in [1.54, 1.807) is 12.1 Å². The van der Waals surface area contributed by atoms with E-state index in [1.807, 2.05) is 34.7 Å². The van der Waals surface area contributed by atoms with E-state index < -0.39 is 0 Å². The average Bonchev–Trinajstić information content (AvgIpc) is 2.52. The number of benzene rings is 1. The molecule has 2 rings (SSSR count). The van der Waals surface area contributed by atoms with Gasteiger partial charge >= 0.3 is 0 Å². The molecule has 0 unspecified atom stereocenters. The second-order valence-electron chi connectivity index (χ2n) is 2.38. The molecule has 2 aromatic rings. The van der Waals surface area contributed by atoms with E-state index in [4.69, 9.17) is 16.1 Å². The summed E-state index contributed by atoms with van der Waals surface area (Å²) in [5.74, 6) is 0.493. The van der Waals surface area contributed by atoms with Crippen LogP contribution in [0, 0.1) is 3.83 Å². The number of hydrogen-bond acceptors (Lipinski definition) is 3. The maximum absolute atomic E-state index is 5.81. The fraction of sp³-hybridized carbons (Fsp3) is 0. The molecule has 0 saturated carbocycles. The molecule has 13 heavy (non-hydrogen) atoms. The predicted molar refractivity (Wildman–Crippen MR) is 57.5 cm³/mol. The summed E-state index contributed by atoms with van der Waals surface area (Å²) in [5, 5.41) is 4.34. The lowest BCUT2D eigenvalue weighted by Gasteiger charge is -1.93. The van der Waals surface area contributed by atoms with E-state index in [1.165, 1.54) is 0 Å². The molecule has 0 amide bonds. The zero-order valence-electron chi connectivity index (χ0n) is 6.37. The van der Waals surface area contributed by atoms with Crippen LogP contribution in [0.4, 0.5) is 0 Å². The van der Waals surface area contributed by atoms with Crippen LogP contribution in [-0.4, -0.2) is 10.1 Å². The van der Waals surface area contributed by atoms with Crippen LogP contribution in [0.1, 0.15) is 0 Å². The minimum absolute atomic E-state index is 0.493. The quantitative estimate of drug-likeness (QED) is 0.760. The maximum Gasteiger partial charge on any atom is 0.258 e. The Morgan fingerprint density at radius 2 is 2.23 bits per heavy atom. The van der Waals surface area contributed by atoms with Crippen molar-refractivity contribution in [3.8, 4) is 11.5 Å². The molecule has 1 aromatic carbocycles. The van der Waals surface area contributed by atoms with Gasteiger partial charge < -0.3 is 4.52 Å². The molecule has 0 N–H and O–H groups in total. The molecule has 66 valence electrons. The van der Waals surface area contributed by atoms with Gasteiger partial charge in [0.05, 0.1) is 0 Å². The molecule has 0 aliphatic rings. The van der Waals surface area contributed by atoms with Crippen LogP contribution in [0.2, 0.25) is 5.02 Å². The monoisotopic (exact) mass is 306 g/mol. The summed E-state index contributed by atoms with van der Waals surface area (Å²) in [5.41, 5.74) is 0.836. The van der Waals surface area contributed by atoms with Crippen LogP contribution in [0.3, 0.4) is 0 Å². The molecular formula is C8H4ClIN2O. The van der Waals surface area contributed by atoms with Crippen LogP contribution >= 0.6 is 34.2 Å². The fourth-order valence-electron chi connectivity index (χ4n) is 0.944. The molecule has 0 fully saturated rings. The van der Waals surface area contributed by atoms with E-state index in [0.29, 0.717) is 14.7 Å². The van der Waals surface area contributed by atoms with Crippen LogP contribution in [0.15, 0.2) is 28.8 Å². The van der Waals surface area contributed by atoms with Gasteiger partial charge in [-0.25, -0.2) is 0 Å². The molecule has 0 aliphatic carbocycles. The van der Waals surface area contributed by atoms with Gasteiger partial charge in [-0.05, 0) is 18.2 Å². The highest BCUT2D eigenvalue weighted by Gasteiger charge is 2.06. The molecule has 5 heteroatoms. The van der Waals surface area contributed by atoms with Gasteiger partial charge in [-0.1, -0.05) is 22.8 Å². The SMILES string of the molecule is Clc1cccc(-c2nc(I)no2)c1. The number of nitrogens with zero attached hydrogens (tertiary/aromatic N) is 2. The zero-order chi connectivity index (χ0) is 9.26. The molecule has 0 spiro atoms. The molecule has 0 aliphatic heterocycles. The Kier molecular flexibility index (Phi) is 2.50. The van der Waals surface area contributed by atoms with Crippen LogP contribution in [0.5, 0.6) is 0 Å². The first-order chi connectivity index (χ1) is 6.25. The van der Waals surface area contributed by atoms with Crippen molar-refractivity contribution in [1.29, 1.82) is 0 Å². The summed E-state index contributed by atoms with van der Waals surface area (Å²) in [7, 11) is 0. The Bertz CT molecular complexity index is 430. The van der Waals surface area contributed by atoms with Gasteiger partial charge in [0.15, 0.2) is 0 Å². The van der Waals surface area contributed by atoms with E-state index >= 15 is 0 Å². The van der Waals surface area contributed by atoms with Crippen LogP contribution in [0.25, 0.3) is 11.5 Å². The summed E-state index contributed by atoms with van der Waals surface area (Å²) in [4.78, 5) is 4.07. The van der Waals surface area contributed by atoms with Crippen molar-refractivity contribution in [2.75, 3.05) is 0 Å². The van der Waals surface area contributed by atoms with Crippen molar-refractivity contribution in [2.45, 2.75) is 0 Å². The Balaban J connectivity index is 2.46. The standard InChI is InChI=1S/C8H4ClIN2O/c9-6-3-1-2-5(4-6)7-11-8(10)12-13-7/h1-4H. The first-order valence-corrected chi connectivity index (χ1v) is 4.96. The minimum atomic E-state index is 0.493. The molecule has 0 bridgehead atoms. The van der Waals surface area contributed by atoms with Gasteiger partial charge in [-0.2, -0.15) is 4.98 Å². The normalized spacial score (nSPS) is 10.3. The van der Waals surface area contributed by atoms with E-state index in [2.05, 4.69) is 10.1 Å². The third-order valence-corrected chi connectivity index (χ3v) is 2.15. The maximum atomic E-state index is 5.81. The second kappa shape index (κ2) is 3.63. The van der Waals surface area contributed by atoms with Crippen LogP contribution in [-0.2, 0) is 0 Å². The van der Waals surface area contributed by atoms with Crippen molar-refractivity contribution in [3.63, 3.8) is 0 Å². The third kappa shape index (κ3) is 2.00. The second-order valence-corrected chi connectivity index (χ2v) is 3.78. The zero-order valence-corrected chi connectivity index (χ0v) is 9.28. The minimum Gasteiger partial charge on any atom is -0.333 e. The van der Waals surface area contributed by atoms with Crippen molar-refractivity contribution in [2.24, 2.45) is 0 Å². The topological polar surface area (TPSA) is 38.9 Å². The van der Waals surface area contributed by atoms with Crippen molar-refractivity contribution < 1.29 is 4.52 Å². The van der Waals surface area contributed by atoms with Crippen LogP contribution < -0.4 is 0 Å². The summed E-state index contributed by atoms with van der Waals surface area (Å²) in [6.45, 7) is 0. The van der Waals surface area contributed by atoms with Crippen molar-refractivity contribution >= 4 is 34.2 Å². The molecular weight excluding hydrogens is 302 g/mol. The Labute approximate surface area is 93.2 Å². The summed E-state index contributed by atoms with van der Waals surface area (Å²) < 4.78 is 5.57. The number of aromatic nitrogens is 2. The van der Waals surface area contributed by atoms with Gasteiger partial charge in [0, 0.05) is 33.2 Å². The van der Waals surface area contributed by atoms with Crippen molar-refractivity contribution in [3.05, 3.63) is 33.1 Å². The summed E-state index contributed by atoms with van der Waals surface area (Å²) in [6.07, 6.45) is 0. The lowest BCUT2D eigenvalue weighted by Crippen LogP contribution is -1.77. The van der Waals surface area contributed by atoms with E-state index in [-0.39, 0.29) is 0 Å². The summed E-state index contributed by atoms with van der Waals surface area (Å²) >= 11 is 7.80. The Hall–Kier alpha value is -0.620. The van der Waals surface area contributed by atoms with Gasteiger partial charge in [0.2, 0.25) is 3.83 Å². The average molecular weight is 306 g/mol. The van der Waals surface area contributed by atoms with Gasteiger partial charge in [0.25, 0.3) is 5.89 Å². The highest BCUT2D eigenvalue weighted by atomic mass is 127. The molecule has 1 aromatic heterocycles. The van der Waals surface area contributed by atoms with Gasteiger partial charge in [-0.15, -0.1) is 0 Å². The highest BCUT2D eigenvalue weighted by molar-refractivity contribution is 14.1.